The smallest absolute Gasteiger partial charge is 0.465 e. The number of halogens is 3. The van der Waals surface area contributed by atoms with Crippen molar-refractivity contribution in [2.75, 3.05) is 5.32 Å². The zero-order valence-corrected chi connectivity index (χ0v) is 8.28. The quantitative estimate of drug-likeness (QED) is 0.769. The van der Waals surface area contributed by atoms with Gasteiger partial charge in [0.05, 0.1) is 12.3 Å². The van der Waals surface area contributed by atoms with E-state index < -0.39 is 24.8 Å². The second kappa shape index (κ2) is 4.91. The number of hydrogen-bond acceptors (Lipinski definition) is 3. The van der Waals surface area contributed by atoms with E-state index in [1.807, 2.05) is 0 Å². The Balaban J connectivity index is 3.07. The van der Waals surface area contributed by atoms with Crippen LogP contribution >= 0.6 is 0 Å². The van der Waals surface area contributed by atoms with Crippen molar-refractivity contribution >= 4 is 11.8 Å². The van der Waals surface area contributed by atoms with E-state index in [0.29, 0.717) is 0 Å². The molecule has 0 saturated carbocycles. The summed E-state index contributed by atoms with van der Waals surface area (Å²) in [5, 5.41) is 18.9. The van der Waals surface area contributed by atoms with E-state index in [4.69, 9.17) is 10.2 Å². The molecule has 0 saturated heterocycles. The standard InChI is InChI=1S/C9H8F3NO4/c10-9(11,12)17-7-3-5(4-14)1-2-6(7)13-8(15)16/h1-3,13-14H,4H2,(H,15,16). The van der Waals surface area contributed by atoms with Crippen LogP contribution in [0.25, 0.3) is 0 Å². The van der Waals surface area contributed by atoms with Gasteiger partial charge in [0.1, 0.15) is 0 Å². The Morgan fingerprint density at radius 2 is 2.06 bits per heavy atom. The van der Waals surface area contributed by atoms with Gasteiger partial charge in [-0.15, -0.1) is 13.2 Å². The van der Waals surface area contributed by atoms with Gasteiger partial charge >= 0.3 is 12.5 Å². The summed E-state index contributed by atoms with van der Waals surface area (Å²) < 4.78 is 39.7. The fourth-order valence-electron chi connectivity index (χ4n) is 1.09. The Hall–Kier alpha value is -1.96. The van der Waals surface area contributed by atoms with Gasteiger partial charge in [-0.25, -0.2) is 4.79 Å². The predicted molar refractivity (Wildman–Crippen MR) is 50.7 cm³/mol. The second-order valence-corrected chi connectivity index (χ2v) is 2.97. The molecule has 1 aromatic carbocycles. The molecule has 0 aliphatic carbocycles. The van der Waals surface area contributed by atoms with Crippen LogP contribution in [-0.4, -0.2) is 22.7 Å². The van der Waals surface area contributed by atoms with E-state index in [2.05, 4.69) is 4.74 Å². The van der Waals surface area contributed by atoms with Gasteiger partial charge in [-0.2, -0.15) is 0 Å². The number of benzene rings is 1. The van der Waals surface area contributed by atoms with Gasteiger partial charge in [-0.3, -0.25) is 5.32 Å². The maximum absolute atomic E-state index is 12.0. The molecule has 0 unspecified atom stereocenters. The second-order valence-electron chi connectivity index (χ2n) is 2.97. The fourth-order valence-corrected chi connectivity index (χ4v) is 1.09. The molecule has 0 aliphatic rings. The van der Waals surface area contributed by atoms with Crippen molar-refractivity contribution < 1.29 is 32.9 Å². The summed E-state index contributed by atoms with van der Waals surface area (Å²) >= 11 is 0. The van der Waals surface area contributed by atoms with Gasteiger partial charge in [0.25, 0.3) is 0 Å². The third-order valence-electron chi connectivity index (χ3n) is 1.70. The van der Waals surface area contributed by atoms with Crippen molar-refractivity contribution in [3.8, 4) is 5.75 Å². The predicted octanol–water partition coefficient (Wildman–Crippen LogP) is 2.17. The van der Waals surface area contributed by atoms with E-state index in [-0.39, 0.29) is 11.3 Å². The highest BCUT2D eigenvalue weighted by Crippen LogP contribution is 2.31. The molecule has 0 heterocycles. The molecule has 3 N–H and O–H groups in total. The lowest BCUT2D eigenvalue weighted by molar-refractivity contribution is -0.274. The summed E-state index contributed by atoms with van der Waals surface area (Å²) in [7, 11) is 0. The Morgan fingerprint density at radius 3 is 2.53 bits per heavy atom. The number of aliphatic hydroxyl groups is 1. The summed E-state index contributed by atoms with van der Waals surface area (Å²) in [4.78, 5) is 10.3. The van der Waals surface area contributed by atoms with Gasteiger partial charge in [0.15, 0.2) is 5.75 Å². The van der Waals surface area contributed by atoms with Gasteiger partial charge in [-0.05, 0) is 17.7 Å². The average molecular weight is 251 g/mol. The molecule has 0 fully saturated rings. The summed E-state index contributed by atoms with van der Waals surface area (Å²) in [6.07, 6.45) is -6.46. The van der Waals surface area contributed by atoms with Crippen molar-refractivity contribution in [2.45, 2.75) is 13.0 Å². The minimum atomic E-state index is -4.94. The van der Waals surface area contributed by atoms with Crippen LogP contribution in [0.3, 0.4) is 0 Å². The lowest BCUT2D eigenvalue weighted by atomic mass is 10.2. The van der Waals surface area contributed by atoms with E-state index in [1.54, 1.807) is 5.32 Å². The maximum Gasteiger partial charge on any atom is 0.573 e. The number of rotatable bonds is 3. The van der Waals surface area contributed by atoms with E-state index in [1.165, 1.54) is 6.07 Å². The number of anilines is 1. The Kier molecular flexibility index (Phi) is 3.79. The Bertz CT molecular complexity index is 419. The van der Waals surface area contributed by atoms with Crippen molar-refractivity contribution in [3.63, 3.8) is 0 Å². The highest BCUT2D eigenvalue weighted by Gasteiger charge is 2.32. The highest BCUT2D eigenvalue weighted by molar-refractivity contribution is 5.85. The van der Waals surface area contributed by atoms with Gasteiger partial charge in [0.2, 0.25) is 0 Å². The number of hydrogen-bond donors (Lipinski definition) is 3. The van der Waals surface area contributed by atoms with Crippen molar-refractivity contribution in [1.29, 1.82) is 0 Å². The molecule has 17 heavy (non-hydrogen) atoms. The number of ether oxygens (including phenoxy) is 1. The summed E-state index contributed by atoms with van der Waals surface area (Å²) in [5.41, 5.74) is -0.188. The average Bonchev–Trinajstić information content (AvgIpc) is 2.17. The third-order valence-corrected chi connectivity index (χ3v) is 1.70. The molecule has 0 bridgehead atoms. The number of amides is 1. The molecule has 94 valence electrons. The minimum Gasteiger partial charge on any atom is -0.465 e. The van der Waals surface area contributed by atoms with Gasteiger partial charge in [-0.1, -0.05) is 6.07 Å². The van der Waals surface area contributed by atoms with Crippen LogP contribution in [0, 0.1) is 0 Å². The molecule has 5 nitrogen and oxygen atoms in total. The molecular formula is C9H8F3NO4. The Morgan fingerprint density at radius 1 is 1.41 bits per heavy atom. The van der Waals surface area contributed by atoms with E-state index >= 15 is 0 Å². The maximum atomic E-state index is 12.0. The first-order valence-corrected chi connectivity index (χ1v) is 4.31. The van der Waals surface area contributed by atoms with Crippen LogP contribution in [0.2, 0.25) is 0 Å². The van der Waals surface area contributed by atoms with Gasteiger partial charge in [0, 0.05) is 0 Å². The zero-order valence-electron chi connectivity index (χ0n) is 8.28. The highest BCUT2D eigenvalue weighted by atomic mass is 19.4. The summed E-state index contributed by atoms with van der Waals surface area (Å²) in [6, 6.07) is 3.24. The topological polar surface area (TPSA) is 78.8 Å². The molecule has 1 rings (SSSR count). The van der Waals surface area contributed by atoms with Crippen LogP contribution in [0.1, 0.15) is 5.56 Å². The van der Waals surface area contributed by atoms with Crippen molar-refractivity contribution in [2.24, 2.45) is 0 Å². The zero-order chi connectivity index (χ0) is 13.1. The van der Waals surface area contributed by atoms with Crippen LogP contribution < -0.4 is 10.1 Å². The SMILES string of the molecule is O=C(O)Nc1ccc(CO)cc1OC(F)(F)F. The van der Waals surface area contributed by atoms with E-state index in [0.717, 1.165) is 12.1 Å². The first kappa shape index (κ1) is 13.1. The lowest BCUT2D eigenvalue weighted by Gasteiger charge is -2.13. The van der Waals surface area contributed by atoms with E-state index in [9.17, 15) is 18.0 Å². The molecule has 0 spiro atoms. The van der Waals surface area contributed by atoms with Gasteiger partial charge < -0.3 is 14.9 Å². The molecule has 0 aliphatic heterocycles. The number of carboxylic acid groups (broad SMARTS) is 1. The first-order chi connectivity index (χ1) is 7.81. The van der Waals surface area contributed by atoms with Crippen molar-refractivity contribution in [3.05, 3.63) is 23.8 Å². The summed E-state index contributed by atoms with van der Waals surface area (Å²) in [6.45, 7) is -0.485. The first-order valence-electron chi connectivity index (χ1n) is 4.31. The monoisotopic (exact) mass is 251 g/mol. The fraction of sp³-hybridized carbons (Fsp3) is 0.222. The molecule has 1 aromatic rings. The third kappa shape index (κ3) is 4.19. The number of alkyl halides is 3. The molecule has 0 radical (unpaired) electrons. The minimum absolute atomic E-state index is 0.167. The van der Waals surface area contributed by atoms with Crippen LogP contribution in [0.5, 0.6) is 5.75 Å². The molecule has 0 aromatic heterocycles. The number of nitrogens with one attached hydrogen (secondary N) is 1. The Labute approximate surface area is 93.4 Å². The van der Waals surface area contributed by atoms with Crippen LogP contribution in [0.4, 0.5) is 23.7 Å². The van der Waals surface area contributed by atoms with Crippen molar-refractivity contribution in [1.82, 2.24) is 0 Å². The molecule has 1 amide bonds. The summed E-state index contributed by atoms with van der Waals surface area (Å²) in [5.74, 6) is -0.716. The normalized spacial score (nSPS) is 11.1. The van der Waals surface area contributed by atoms with Crippen LogP contribution in [-0.2, 0) is 6.61 Å². The van der Waals surface area contributed by atoms with Crippen LogP contribution in [0.15, 0.2) is 18.2 Å². The largest absolute Gasteiger partial charge is 0.573 e. The lowest BCUT2D eigenvalue weighted by Crippen LogP contribution is -2.19. The number of aliphatic hydroxyl groups excluding tert-OH is 1. The molecule has 8 heteroatoms. The molecular weight excluding hydrogens is 243 g/mol. The molecule has 0 atom stereocenters. The number of carbonyl (C=O) groups is 1.